The molecule has 1 amide bonds. The number of amides is 1. The van der Waals surface area contributed by atoms with Crippen LogP contribution in [0, 0.1) is 0 Å². The lowest BCUT2D eigenvalue weighted by Crippen LogP contribution is -2.41. The molecule has 0 aliphatic carbocycles. The molecule has 21 heavy (non-hydrogen) atoms. The molecular weight excluding hydrogens is 288 g/mol. The Morgan fingerprint density at radius 2 is 1.81 bits per heavy atom. The average molecular weight is 310 g/mol. The van der Waals surface area contributed by atoms with Gasteiger partial charge in [0.05, 0.1) is 11.2 Å². The van der Waals surface area contributed by atoms with E-state index in [0.717, 1.165) is 11.0 Å². The molecule has 1 fully saturated rings. The number of rotatable bonds is 3. The molecule has 1 aliphatic rings. The zero-order valence-electron chi connectivity index (χ0n) is 13.1. The number of carbonyl (C=O) groups excluding carboxylic acids is 1. The van der Waals surface area contributed by atoms with E-state index >= 15 is 0 Å². The van der Waals surface area contributed by atoms with Crippen LogP contribution in [-0.4, -0.2) is 24.2 Å². The van der Waals surface area contributed by atoms with Crippen LogP contribution in [-0.2, 0) is 20.6 Å². The topological polar surface area (TPSA) is 47.6 Å². The second kappa shape index (κ2) is 5.63. The summed E-state index contributed by atoms with van der Waals surface area (Å²) in [5, 5.41) is 3.36. The van der Waals surface area contributed by atoms with Crippen LogP contribution in [0.1, 0.15) is 40.2 Å². The first-order valence-electron chi connectivity index (χ1n) is 7.01. The van der Waals surface area contributed by atoms with Gasteiger partial charge in [-0.15, -0.1) is 0 Å². The molecule has 0 aromatic heterocycles. The van der Waals surface area contributed by atoms with Gasteiger partial charge in [-0.05, 0) is 44.8 Å². The van der Waals surface area contributed by atoms with Crippen molar-refractivity contribution in [2.75, 3.05) is 0 Å². The van der Waals surface area contributed by atoms with Gasteiger partial charge in [-0.1, -0.05) is 23.7 Å². The van der Waals surface area contributed by atoms with Gasteiger partial charge in [0.2, 0.25) is 5.91 Å². The molecule has 6 heteroatoms. The van der Waals surface area contributed by atoms with E-state index in [1.165, 1.54) is 6.92 Å². The summed E-state index contributed by atoms with van der Waals surface area (Å²) in [5.41, 5.74) is 0.988. The fourth-order valence-corrected chi connectivity index (χ4v) is 2.26. The molecule has 0 bridgehead atoms. The van der Waals surface area contributed by atoms with Gasteiger partial charge in [0, 0.05) is 18.5 Å². The summed E-state index contributed by atoms with van der Waals surface area (Å²) in [6.45, 7) is 9.93. The predicted octanol–water partition coefficient (Wildman–Crippen LogP) is 2.28. The third-order valence-electron chi connectivity index (χ3n) is 4.12. The van der Waals surface area contributed by atoms with Crippen LogP contribution in [0.15, 0.2) is 18.2 Å². The normalized spacial score (nSPS) is 19.6. The monoisotopic (exact) mass is 309 g/mol. The van der Waals surface area contributed by atoms with Crippen molar-refractivity contribution in [2.24, 2.45) is 0 Å². The minimum atomic E-state index is -0.427. The van der Waals surface area contributed by atoms with E-state index < -0.39 is 7.12 Å². The zero-order valence-corrected chi connectivity index (χ0v) is 13.9. The Labute approximate surface area is 131 Å². The first-order valence-corrected chi connectivity index (χ1v) is 7.38. The molecule has 1 aliphatic heterocycles. The van der Waals surface area contributed by atoms with E-state index in [1.807, 2.05) is 39.8 Å². The fraction of sp³-hybridized carbons (Fsp3) is 0.533. The first-order chi connectivity index (χ1) is 9.62. The maximum Gasteiger partial charge on any atom is 0.494 e. The molecule has 2 rings (SSSR count). The van der Waals surface area contributed by atoms with Gasteiger partial charge in [-0.2, -0.15) is 0 Å². The average Bonchev–Trinajstić information content (AvgIpc) is 2.57. The molecule has 0 atom stereocenters. The quantitative estimate of drug-likeness (QED) is 0.871. The van der Waals surface area contributed by atoms with E-state index in [4.69, 9.17) is 20.9 Å². The number of nitrogens with one attached hydrogen (secondary N) is 1. The highest BCUT2D eigenvalue weighted by Crippen LogP contribution is 2.36. The van der Waals surface area contributed by atoms with Crippen molar-refractivity contribution in [1.29, 1.82) is 0 Å². The molecule has 1 saturated heterocycles. The van der Waals surface area contributed by atoms with E-state index in [0.29, 0.717) is 11.6 Å². The largest absolute Gasteiger partial charge is 0.494 e. The maximum atomic E-state index is 11.0. The Bertz CT molecular complexity index is 544. The van der Waals surface area contributed by atoms with Gasteiger partial charge >= 0.3 is 7.12 Å². The first kappa shape index (κ1) is 16.3. The lowest BCUT2D eigenvalue weighted by Gasteiger charge is -2.32. The van der Waals surface area contributed by atoms with Crippen LogP contribution in [0.4, 0.5) is 0 Å². The van der Waals surface area contributed by atoms with E-state index in [-0.39, 0.29) is 17.1 Å². The molecule has 0 radical (unpaired) electrons. The summed E-state index contributed by atoms with van der Waals surface area (Å²) in [6, 6.07) is 5.61. The van der Waals surface area contributed by atoms with Gasteiger partial charge in [0.1, 0.15) is 0 Å². The molecular formula is C15H21BClNO3. The minimum absolute atomic E-state index is 0.0906. The summed E-state index contributed by atoms with van der Waals surface area (Å²) in [6.07, 6.45) is 0. The van der Waals surface area contributed by atoms with Gasteiger partial charge in [-0.25, -0.2) is 0 Å². The van der Waals surface area contributed by atoms with Crippen LogP contribution in [0.3, 0.4) is 0 Å². The number of halogens is 1. The predicted molar refractivity (Wildman–Crippen MR) is 84.7 cm³/mol. The zero-order chi connectivity index (χ0) is 15.8. The summed E-state index contributed by atoms with van der Waals surface area (Å²) in [7, 11) is -0.427. The fourth-order valence-electron chi connectivity index (χ4n) is 2.08. The van der Waals surface area contributed by atoms with Crippen molar-refractivity contribution in [2.45, 2.75) is 52.4 Å². The highest BCUT2D eigenvalue weighted by molar-refractivity contribution is 6.62. The van der Waals surface area contributed by atoms with Crippen molar-refractivity contribution in [3.63, 3.8) is 0 Å². The van der Waals surface area contributed by atoms with Crippen LogP contribution < -0.4 is 10.8 Å². The molecule has 4 nitrogen and oxygen atoms in total. The summed E-state index contributed by atoms with van der Waals surface area (Å²) >= 11 is 6.17. The molecule has 114 valence electrons. The van der Waals surface area contributed by atoms with E-state index in [2.05, 4.69) is 5.32 Å². The van der Waals surface area contributed by atoms with Crippen molar-refractivity contribution in [3.05, 3.63) is 28.8 Å². The van der Waals surface area contributed by atoms with E-state index in [1.54, 1.807) is 6.07 Å². The van der Waals surface area contributed by atoms with Crippen LogP contribution >= 0.6 is 11.6 Å². The van der Waals surface area contributed by atoms with Crippen molar-refractivity contribution in [3.8, 4) is 0 Å². The Kier molecular flexibility index (Phi) is 4.38. The SMILES string of the molecule is CC(=O)NCc1cc(B2OC(C)(C)C(C)(C)O2)ccc1Cl. The third-order valence-corrected chi connectivity index (χ3v) is 4.49. The Balaban J connectivity index is 2.22. The van der Waals surface area contributed by atoms with Crippen molar-refractivity contribution >= 4 is 30.1 Å². The number of hydrogen-bond donors (Lipinski definition) is 1. The highest BCUT2D eigenvalue weighted by atomic mass is 35.5. The molecule has 0 saturated carbocycles. The molecule has 1 heterocycles. The molecule has 0 unspecified atom stereocenters. The van der Waals surface area contributed by atoms with Crippen LogP contribution in [0.5, 0.6) is 0 Å². The summed E-state index contributed by atoms with van der Waals surface area (Å²) in [5.74, 6) is -0.0906. The second-order valence-corrected chi connectivity index (χ2v) is 6.76. The Morgan fingerprint density at radius 3 is 2.33 bits per heavy atom. The maximum absolute atomic E-state index is 11.0. The molecule has 1 aromatic carbocycles. The highest BCUT2D eigenvalue weighted by Gasteiger charge is 2.51. The van der Waals surface area contributed by atoms with Crippen LogP contribution in [0.25, 0.3) is 0 Å². The molecule has 1 aromatic rings. The number of hydrogen-bond acceptors (Lipinski definition) is 3. The Hall–Kier alpha value is -1.04. The standard InChI is InChI=1S/C15H21BClNO3/c1-10(19)18-9-11-8-12(6-7-13(11)17)16-20-14(2,3)15(4,5)21-16/h6-8H,9H2,1-5H3,(H,18,19). The van der Waals surface area contributed by atoms with E-state index in [9.17, 15) is 4.79 Å². The van der Waals surface area contributed by atoms with Gasteiger partial charge in [-0.3, -0.25) is 4.79 Å². The van der Waals surface area contributed by atoms with Crippen molar-refractivity contribution < 1.29 is 14.1 Å². The van der Waals surface area contributed by atoms with Crippen LogP contribution in [0.2, 0.25) is 5.02 Å². The summed E-state index contributed by atoms with van der Waals surface area (Å²) in [4.78, 5) is 11.0. The second-order valence-electron chi connectivity index (χ2n) is 6.35. The third kappa shape index (κ3) is 3.42. The number of benzene rings is 1. The number of carbonyl (C=O) groups is 1. The van der Waals surface area contributed by atoms with Crippen molar-refractivity contribution in [1.82, 2.24) is 5.32 Å². The summed E-state index contributed by atoms with van der Waals surface area (Å²) < 4.78 is 12.0. The van der Waals surface area contributed by atoms with Gasteiger partial charge in [0.15, 0.2) is 0 Å². The smallest absolute Gasteiger partial charge is 0.399 e. The lowest BCUT2D eigenvalue weighted by molar-refractivity contribution is -0.119. The van der Waals surface area contributed by atoms with Gasteiger partial charge < -0.3 is 14.6 Å². The lowest BCUT2D eigenvalue weighted by atomic mass is 9.78. The van der Waals surface area contributed by atoms with Gasteiger partial charge in [0.25, 0.3) is 0 Å². The molecule has 0 spiro atoms. The molecule has 1 N–H and O–H groups in total. The minimum Gasteiger partial charge on any atom is -0.399 e. The Morgan fingerprint density at radius 1 is 1.24 bits per heavy atom.